The van der Waals surface area contributed by atoms with Gasteiger partial charge in [-0.1, -0.05) is 160 Å². The average Bonchev–Trinajstić information content (AvgIpc) is 3.12. The van der Waals surface area contributed by atoms with Crippen molar-refractivity contribution in [1.29, 1.82) is 0 Å². The van der Waals surface area contributed by atoms with E-state index in [4.69, 9.17) is 14.2 Å². The van der Waals surface area contributed by atoms with Gasteiger partial charge in [0.2, 0.25) is 0 Å². The van der Waals surface area contributed by atoms with E-state index >= 15 is 0 Å². The molecule has 0 saturated carbocycles. The lowest BCUT2D eigenvalue weighted by Crippen LogP contribution is -2.41. The van der Waals surface area contributed by atoms with Crippen LogP contribution < -0.4 is 14.2 Å². The van der Waals surface area contributed by atoms with E-state index in [1.165, 1.54) is 91.2 Å². The minimum atomic E-state index is -2.09. The minimum absolute atomic E-state index is 0.797. The van der Waals surface area contributed by atoms with Crippen LogP contribution in [0.25, 0.3) is 0 Å². The molecule has 0 aliphatic heterocycles. The molecule has 0 aliphatic rings. The predicted octanol–water partition coefficient (Wildman–Crippen LogP) is 13.0. The van der Waals surface area contributed by atoms with Crippen LogP contribution in [0.5, 0.6) is 17.2 Å². The van der Waals surface area contributed by atoms with Crippen LogP contribution in [0.4, 0.5) is 0 Å². The van der Waals surface area contributed by atoms with Crippen LogP contribution in [0.15, 0.2) is 54.6 Å². The summed E-state index contributed by atoms with van der Waals surface area (Å²) >= 11 is 0. The first-order valence-electron chi connectivity index (χ1n) is 20.6. The molecule has 0 radical (unpaired) electrons. The number of para-hydroxylation sites is 3. The molecule has 0 fully saturated rings. The number of hydrogen-bond donors (Lipinski definition) is 0. The smallest absolute Gasteiger partial charge is 0.125 e. The maximum absolute atomic E-state index is 6.72. The van der Waals surface area contributed by atoms with Gasteiger partial charge in [0.25, 0.3) is 0 Å². The second kappa shape index (κ2) is 23.7. The molecule has 0 atom stereocenters. The zero-order valence-corrected chi connectivity index (χ0v) is 34.3. The van der Waals surface area contributed by atoms with E-state index in [1.807, 2.05) is 0 Å². The summed E-state index contributed by atoms with van der Waals surface area (Å²) in [6.45, 7) is 18.6. The van der Waals surface area contributed by atoms with Crippen molar-refractivity contribution in [2.24, 2.45) is 0 Å². The fourth-order valence-corrected chi connectivity index (χ4v) is 11.4. The van der Waals surface area contributed by atoms with E-state index in [0.29, 0.717) is 0 Å². The topological polar surface area (TPSA) is 27.7 Å². The summed E-state index contributed by atoms with van der Waals surface area (Å²) in [7, 11) is -2.09. The van der Waals surface area contributed by atoms with Gasteiger partial charge in [-0.25, -0.2) is 0 Å². The van der Waals surface area contributed by atoms with Crippen LogP contribution in [-0.4, -0.2) is 27.9 Å². The summed E-state index contributed by atoms with van der Waals surface area (Å²) in [6.07, 6.45) is 17.6. The van der Waals surface area contributed by atoms with Crippen LogP contribution in [0.1, 0.15) is 152 Å². The molecule has 0 N–H and O–H groups in total. The Kier molecular flexibility index (Phi) is 19.8. The Morgan fingerprint density at radius 3 is 0.920 bits per heavy atom. The molecule has 0 spiro atoms. The number of unbranched alkanes of at least 4 members (excludes halogenated alkanes) is 9. The Morgan fingerprint density at radius 1 is 0.380 bits per heavy atom. The van der Waals surface area contributed by atoms with Crippen molar-refractivity contribution in [3.63, 3.8) is 0 Å². The van der Waals surface area contributed by atoms with Gasteiger partial charge < -0.3 is 14.2 Å². The molecule has 0 bridgehead atoms. The molecule has 278 valence electrons. The SMILES string of the molecule is CCCCCCOc1c(CC)cccc1C[Si](C)(Cc1cccc(CC)c1OCCCCCC)Cc1cccc(CC)c1OCCCCCC. The Hall–Kier alpha value is -2.72. The third-order valence-corrected chi connectivity index (χ3v) is 14.0. The highest BCUT2D eigenvalue weighted by Gasteiger charge is 2.33. The van der Waals surface area contributed by atoms with E-state index in [-0.39, 0.29) is 0 Å². The van der Waals surface area contributed by atoms with Gasteiger partial charge in [0.15, 0.2) is 0 Å². The summed E-state index contributed by atoms with van der Waals surface area (Å²) in [4.78, 5) is 0. The minimum Gasteiger partial charge on any atom is -0.493 e. The molecular formula is C46H72O3Si. The molecular weight excluding hydrogens is 629 g/mol. The van der Waals surface area contributed by atoms with Crippen molar-refractivity contribution >= 4 is 8.07 Å². The van der Waals surface area contributed by atoms with Crippen LogP contribution in [-0.2, 0) is 37.4 Å². The number of rotatable bonds is 27. The van der Waals surface area contributed by atoms with E-state index in [1.54, 1.807) is 0 Å². The van der Waals surface area contributed by atoms with E-state index in [2.05, 4.69) is 103 Å². The number of benzene rings is 3. The zero-order chi connectivity index (χ0) is 36.0. The third-order valence-electron chi connectivity index (χ3n) is 10.3. The summed E-state index contributed by atoms with van der Waals surface area (Å²) < 4.78 is 20.1. The Balaban J connectivity index is 2.05. The van der Waals surface area contributed by atoms with E-state index in [9.17, 15) is 0 Å². The number of aryl methyl sites for hydroxylation is 3. The first-order chi connectivity index (χ1) is 24.4. The highest BCUT2D eigenvalue weighted by atomic mass is 28.3. The second-order valence-electron chi connectivity index (χ2n) is 14.8. The van der Waals surface area contributed by atoms with Gasteiger partial charge in [0, 0.05) is 0 Å². The van der Waals surface area contributed by atoms with Crippen LogP contribution >= 0.6 is 0 Å². The highest BCUT2D eigenvalue weighted by Crippen LogP contribution is 2.36. The highest BCUT2D eigenvalue weighted by molar-refractivity contribution is 6.77. The molecule has 0 unspecified atom stereocenters. The molecule has 4 heteroatoms. The molecule has 3 aromatic carbocycles. The largest absolute Gasteiger partial charge is 0.493 e. The van der Waals surface area contributed by atoms with Crippen LogP contribution in [0.2, 0.25) is 6.55 Å². The predicted molar refractivity (Wildman–Crippen MR) is 219 cm³/mol. The van der Waals surface area contributed by atoms with Gasteiger partial charge in [-0.2, -0.15) is 0 Å². The Bertz CT molecular complexity index is 1200. The Labute approximate surface area is 308 Å². The summed E-state index contributed by atoms with van der Waals surface area (Å²) in [5, 5.41) is 0. The second-order valence-corrected chi connectivity index (χ2v) is 19.5. The van der Waals surface area contributed by atoms with Crippen molar-refractivity contribution < 1.29 is 14.2 Å². The molecule has 50 heavy (non-hydrogen) atoms. The van der Waals surface area contributed by atoms with Crippen LogP contribution in [0, 0.1) is 0 Å². The molecule has 3 rings (SSSR count). The molecule has 0 amide bonds. The van der Waals surface area contributed by atoms with Gasteiger partial charge in [0.05, 0.1) is 27.9 Å². The quantitative estimate of drug-likeness (QED) is 0.0585. The monoisotopic (exact) mass is 701 g/mol. The lowest BCUT2D eigenvalue weighted by Gasteiger charge is -2.31. The molecule has 0 aromatic heterocycles. The standard InChI is InChI=1S/C46H72O3Si/c1-8-14-17-20-32-47-44-38(11-4)26-23-29-41(44)35-50(7,36-42-30-24-27-39(12-5)45(42)48-33-21-18-15-9-2)37-43-31-25-28-40(13-6)46(43)49-34-22-19-16-10-3/h23-31H,8-22,32-37H2,1-7H3. The third kappa shape index (κ3) is 13.4. The summed E-state index contributed by atoms with van der Waals surface area (Å²) in [5.74, 6) is 3.44. The Morgan fingerprint density at radius 2 is 0.660 bits per heavy atom. The fourth-order valence-electron chi connectivity index (χ4n) is 7.40. The van der Waals surface area contributed by atoms with Gasteiger partial charge in [-0.3, -0.25) is 0 Å². The molecule has 0 aliphatic carbocycles. The van der Waals surface area contributed by atoms with Crippen molar-refractivity contribution in [3.05, 3.63) is 88.0 Å². The van der Waals surface area contributed by atoms with Crippen molar-refractivity contribution in [1.82, 2.24) is 0 Å². The number of ether oxygens (including phenoxy) is 3. The maximum atomic E-state index is 6.72. The van der Waals surface area contributed by atoms with Gasteiger partial charge in [0.1, 0.15) is 17.2 Å². The first kappa shape index (κ1) is 41.7. The zero-order valence-electron chi connectivity index (χ0n) is 33.3. The van der Waals surface area contributed by atoms with E-state index in [0.717, 1.165) is 93.7 Å². The molecule has 0 saturated heterocycles. The molecule has 3 aromatic rings. The number of hydrogen-bond acceptors (Lipinski definition) is 3. The molecule has 3 nitrogen and oxygen atoms in total. The summed E-state index contributed by atoms with van der Waals surface area (Å²) in [6, 6.07) is 23.8. The first-order valence-corrected chi connectivity index (χ1v) is 23.8. The van der Waals surface area contributed by atoms with Gasteiger partial charge in [-0.15, -0.1) is 0 Å². The normalized spacial score (nSPS) is 11.6. The fraction of sp³-hybridized carbons (Fsp3) is 0.609. The lowest BCUT2D eigenvalue weighted by atomic mass is 10.1. The van der Waals surface area contributed by atoms with Gasteiger partial charge >= 0.3 is 0 Å². The summed E-state index contributed by atoms with van der Waals surface area (Å²) in [5.41, 5.74) is 8.16. The average molecular weight is 701 g/mol. The van der Waals surface area contributed by atoms with E-state index < -0.39 is 8.07 Å². The van der Waals surface area contributed by atoms with Gasteiger partial charge in [-0.05, 0) is 90.0 Å². The van der Waals surface area contributed by atoms with Crippen LogP contribution in [0.3, 0.4) is 0 Å². The maximum Gasteiger partial charge on any atom is 0.125 e. The van der Waals surface area contributed by atoms with Crippen molar-refractivity contribution in [3.8, 4) is 17.2 Å². The molecule has 0 heterocycles. The van der Waals surface area contributed by atoms with Crippen molar-refractivity contribution in [2.45, 2.75) is 163 Å². The van der Waals surface area contributed by atoms with Crippen molar-refractivity contribution in [2.75, 3.05) is 19.8 Å². The lowest BCUT2D eigenvalue weighted by molar-refractivity contribution is 0.299.